The molecule has 114 valence electrons. The molecule has 7 nitrogen and oxygen atoms in total. The van der Waals surface area contributed by atoms with Crippen LogP contribution in [0.2, 0.25) is 0 Å². The van der Waals surface area contributed by atoms with Crippen LogP contribution in [0.25, 0.3) is 0 Å². The fourth-order valence-electron chi connectivity index (χ4n) is 2.01. The lowest BCUT2D eigenvalue weighted by molar-refractivity contribution is -0.384. The van der Waals surface area contributed by atoms with E-state index < -0.39 is 5.54 Å². The lowest BCUT2D eigenvalue weighted by Gasteiger charge is -2.34. The number of hydrogen-bond acceptors (Lipinski definition) is 5. The summed E-state index contributed by atoms with van der Waals surface area (Å²) in [4.78, 5) is 11.0. The number of nitrogens with zero attached hydrogens (tertiary/aromatic N) is 3. The Labute approximate surface area is 119 Å². The summed E-state index contributed by atoms with van der Waals surface area (Å²) in [5.74, 6) is 0.664. The number of hydrogen-bond donors (Lipinski definition) is 2. The van der Waals surface area contributed by atoms with E-state index in [1.807, 2.05) is 27.7 Å². The van der Waals surface area contributed by atoms with Gasteiger partial charge in [0.05, 0.1) is 10.5 Å². The van der Waals surface area contributed by atoms with Gasteiger partial charge >= 0.3 is 5.69 Å². The van der Waals surface area contributed by atoms with Crippen LogP contribution < -0.4 is 11.1 Å². The lowest BCUT2D eigenvalue weighted by Crippen LogP contribution is -2.47. The van der Waals surface area contributed by atoms with Gasteiger partial charge in [0.25, 0.3) is 0 Å². The summed E-state index contributed by atoms with van der Waals surface area (Å²) in [6, 6.07) is 0. The maximum absolute atomic E-state index is 11.4. The van der Waals surface area contributed by atoms with Crippen LogP contribution in [0, 0.1) is 16.0 Å². The number of anilines is 1. The summed E-state index contributed by atoms with van der Waals surface area (Å²) in [5, 5.41) is 18.9. The Morgan fingerprint density at radius 3 is 2.55 bits per heavy atom. The minimum absolute atomic E-state index is 0.0645. The summed E-state index contributed by atoms with van der Waals surface area (Å²) in [7, 11) is 1.71. The summed E-state index contributed by atoms with van der Waals surface area (Å²) in [6.45, 7) is 8.40. The number of aromatic nitrogens is 2. The van der Waals surface area contributed by atoms with Crippen molar-refractivity contribution in [1.29, 1.82) is 0 Å². The predicted molar refractivity (Wildman–Crippen MR) is 79.8 cm³/mol. The molecular weight excluding hydrogens is 258 g/mol. The van der Waals surface area contributed by atoms with Crippen LogP contribution in [0.4, 0.5) is 11.5 Å². The van der Waals surface area contributed by atoms with Crippen molar-refractivity contribution in [2.24, 2.45) is 18.7 Å². The van der Waals surface area contributed by atoms with Crippen molar-refractivity contribution in [2.75, 3.05) is 11.9 Å². The number of nitro groups is 1. The summed E-state index contributed by atoms with van der Waals surface area (Å²) >= 11 is 0. The molecule has 0 aromatic carbocycles. The molecule has 0 saturated heterocycles. The zero-order chi connectivity index (χ0) is 15.5. The molecule has 20 heavy (non-hydrogen) atoms. The number of rotatable bonds is 7. The molecule has 0 saturated carbocycles. The molecule has 0 spiro atoms. The van der Waals surface area contributed by atoms with Crippen LogP contribution in [0.15, 0.2) is 0 Å². The Morgan fingerprint density at radius 2 is 2.15 bits per heavy atom. The fourth-order valence-corrected chi connectivity index (χ4v) is 2.01. The fraction of sp³-hybridized carbons (Fsp3) is 0.769. The molecule has 0 fully saturated rings. The van der Waals surface area contributed by atoms with Gasteiger partial charge in [0.1, 0.15) is 5.69 Å². The second kappa shape index (κ2) is 6.21. The van der Waals surface area contributed by atoms with Crippen LogP contribution in [-0.2, 0) is 13.5 Å². The highest BCUT2D eigenvalue weighted by Crippen LogP contribution is 2.32. The first-order valence-corrected chi connectivity index (χ1v) is 6.95. The van der Waals surface area contributed by atoms with E-state index in [1.54, 1.807) is 11.7 Å². The number of nitrogens with two attached hydrogens (primary N) is 1. The van der Waals surface area contributed by atoms with E-state index in [0.717, 1.165) is 6.42 Å². The maximum Gasteiger partial charge on any atom is 0.334 e. The first kappa shape index (κ1) is 16.4. The molecule has 0 radical (unpaired) electrons. The van der Waals surface area contributed by atoms with Gasteiger partial charge in [0.15, 0.2) is 0 Å². The highest BCUT2D eigenvalue weighted by molar-refractivity contribution is 5.61. The molecule has 7 heteroatoms. The second-order valence-corrected chi connectivity index (χ2v) is 5.68. The van der Waals surface area contributed by atoms with Gasteiger partial charge in [-0.2, -0.15) is 5.10 Å². The molecule has 3 N–H and O–H groups in total. The minimum Gasteiger partial charge on any atom is -0.358 e. The maximum atomic E-state index is 11.4. The van der Waals surface area contributed by atoms with Crippen molar-refractivity contribution >= 4 is 11.5 Å². The van der Waals surface area contributed by atoms with Gasteiger partial charge in [-0.05, 0) is 19.3 Å². The predicted octanol–water partition coefficient (Wildman–Crippen LogP) is 2.07. The third-order valence-electron chi connectivity index (χ3n) is 3.86. The molecule has 1 atom stereocenters. The zero-order valence-corrected chi connectivity index (χ0v) is 12.9. The van der Waals surface area contributed by atoms with Crippen LogP contribution in [0.5, 0.6) is 0 Å². The van der Waals surface area contributed by atoms with Gasteiger partial charge in [-0.25, -0.2) is 4.68 Å². The second-order valence-electron chi connectivity index (χ2n) is 5.68. The van der Waals surface area contributed by atoms with Crippen molar-refractivity contribution in [3.63, 3.8) is 0 Å². The van der Waals surface area contributed by atoms with E-state index in [2.05, 4.69) is 10.4 Å². The van der Waals surface area contributed by atoms with Gasteiger partial charge in [-0.15, -0.1) is 0 Å². The van der Waals surface area contributed by atoms with Crippen LogP contribution >= 0.6 is 0 Å². The van der Waals surface area contributed by atoms with E-state index in [0.29, 0.717) is 24.5 Å². The van der Waals surface area contributed by atoms with Gasteiger partial charge in [0, 0.05) is 13.6 Å². The molecule has 0 amide bonds. The Balaban J connectivity index is 3.27. The van der Waals surface area contributed by atoms with Crippen molar-refractivity contribution < 1.29 is 4.92 Å². The number of aryl methyl sites for hydroxylation is 2. The summed E-state index contributed by atoms with van der Waals surface area (Å²) < 4.78 is 1.54. The quantitative estimate of drug-likeness (QED) is 0.589. The van der Waals surface area contributed by atoms with Crippen LogP contribution in [0.3, 0.4) is 0 Å². The van der Waals surface area contributed by atoms with Gasteiger partial charge in [-0.3, -0.25) is 10.1 Å². The highest BCUT2D eigenvalue weighted by Gasteiger charge is 2.33. The first-order chi connectivity index (χ1) is 9.26. The molecule has 1 aromatic rings. The monoisotopic (exact) mass is 283 g/mol. The van der Waals surface area contributed by atoms with Gasteiger partial charge in [-0.1, -0.05) is 27.2 Å². The summed E-state index contributed by atoms with van der Waals surface area (Å²) in [6.07, 6.45) is 1.41. The van der Waals surface area contributed by atoms with Gasteiger partial charge < -0.3 is 11.1 Å². The van der Waals surface area contributed by atoms with E-state index in [-0.39, 0.29) is 16.5 Å². The van der Waals surface area contributed by atoms with E-state index in [1.165, 1.54) is 0 Å². The molecule has 1 unspecified atom stereocenters. The average Bonchev–Trinajstić information content (AvgIpc) is 2.66. The smallest absolute Gasteiger partial charge is 0.334 e. The van der Waals surface area contributed by atoms with E-state index in [9.17, 15) is 10.1 Å². The SMILES string of the molecule is CCCc1nn(C)c(NC(C)(CN)C(C)C)c1[N+](=O)[O-]. The molecule has 1 aromatic heterocycles. The normalized spacial score (nSPS) is 14.3. The Bertz CT molecular complexity index is 483. The zero-order valence-electron chi connectivity index (χ0n) is 12.9. The van der Waals surface area contributed by atoms with Crippen LogP contribution in [0.1, 0.15) is 39.8 Å². The number of nitrogens with one attached hydrogen (secondary N) is 1. The third kappa shape index (κ3) is 3.09. The standard InChI is InChI=1S/C13H25N5O2/c1-6-7-10-11(18(19)20)12(17(5)16-10)15-13(4,8-14)9(2)3/h9,15H,6-8,14H2,1-5H3. The first-order valence-electron chi connectivity index (χ1n) is 6.95. The largest absolute Gasteiger partial charge is 0.358 e. The van der Waals surface area contributed by atoms with Gasteiger partial charge in [0.2, 0.25) is 5.82 Å². The van der Waals surface area contributed by atoms with Crippen molar-refractivity contribution in [3.8, 4) is 0 Å². The lowest BCUT2D eigenvalue weighted by atomic mass is 9.88. The molecular formula is C13H25N5O2. The van der Waals surface area contributed by atoms with Crippen LogP contribution in [-0.4, -0.2) is 26.8 Å². The molecule has 1 rings (SSSR count). The third-order valence-corrected chi connectivity index (χ3v) is 3.86. The Morgan fingerprint density at radius 1 is 1.55 bits per heavy atom. The van der Waals surface area contributed by atoms with Crippen molar-refractivity contribution in [3.05, 3.63) is 15.8 Å². The Kier molecular flexibility index (Phi) is 5.10. The van der Waals surface area contributed by atoms with E-state index in [4.69, 9.17) is 5.73 Å². The Hall–Kier alpha value is -1.63. The molecule has 0 aliphatic rings. The van der Waals surface area contributed by atoms with Crippen molar-refractivity contribution in [1.82, 2.24) is 9.78 Å². The summed E-state index contributed by atoms with van der Waals surface area (Å²) in [5.41, 5.74) is 6.00. The molecule has 0 aliphatic heterocycles. The molecule has 1 heterocycles. The van der Waals surface area contributed by atoms with E-state index >= 15 is 0 Å². The minimum atomic E-state index is -0.415. The highest BCUT2D eigenvalue weighted by atomic mass is 16.6. The molecule has 0 aliphatic carbocycles. The average molecular weight is 283 g/mol. The van der Waals surface area contributed by atoms with Crippen molar-refractivity contribution in [2.45, 2.75) is 46.1 Å². The topological polar surface area (TPSA) is 99.0 Å². The molecule has 0 bridgehead atoms.